The van der Waals surface area contributed by atoms with Crippen molar-refractivity contribution in [2.24, 2.45) is 0 Å². The van der Waals surface area contributed by atoms with Crippen LogP contribution >= 0.6 is 11.6 Å². The molecule has 0 atom stereocenters. The van der Waals surface area contributed by atoms with Gasteiger partial charge in [-0.25, -0.2) is 4.39 Å². The molecule has 0 amide bonds. The molecule has 5 heteroatoms. The van der Waals surface area contributed by atoms with E-state index in [2.05, 4.69) is 42.9 Å². The fraction of sp³-hybridized carbons (Fsp3) is 0.647. The molecule has 0 radical (unpaired) electrons. The van der Waals surface area contributed by atoms with Crippen molar-refractivity contribution in [1.82, 2.24) is 14.7 Å². The van der Waals surface area contributed by atoms with Crippen LogP contribution in [0.2, 0.25) is 5.02 Å². The molecule has 0 saturated heterocycles. The third-order valence-electron chi connectivity index (χ3n) is 3.60. The van der Waals surface area contributed by atoms with Crippen molar-refractivity contribution in [2.45, 2.75) is 19.4 Å². The normalized spacial score (nSPS) is 11.9. The van der Waals surface area contributed by atoms with E-state index < -0.39 is 0 Å². The highest BCUT2D eigenvalue weighted by Gasteiger charge is 2.12. The molecule has 1 aromatic rings. The van der Waals surface area contributed by atoms with Crippen LogP contribution in [0.5, 0.6) is 0 Å². The maximum absolute atomic E-state index is 14.0. The van der Waals surface area contributed by atoms with Crippen LogP contribution in [0.4, 0.5) is 4.39 Å². The zero-order valence-electron chi connectivity index (χ0n) is 14.3. The summed E-state index contributed by atoms with van der Waals surface area (Å²) in [5, 5.41) is 0.519. The van der Waals surface area contributed by atoms with Crippen LogP contribution < -0.4 is 0 Å². The summed E-state index contributed by atoms with van der Waals surface area (Å²) in [5.41, 5.74) is 0.610. The average Bonchev–Trinajstić information content (AvgIpc) is 2.41. The average molecular weight is 330 g/mol. The van der Waals surface area contributed by atoms with Crippen molar-refractivity contribution in [1.29, 1.82) is 0 Å². The summed E-state index contributed by atoms with van der Waals surface area (Å²) in [4.78, 5) is 6.65. The standard InChI is InChI=1S/C17H29ClFN3/c1-20(2)10-6-12-22(13-7-11-21(3)4)14-15-16(18)8-5-9-17(15)19/h5,8-9H,6-7,10-14H2,1-4H3. The highest BCUT2D eigenvalue weighted by molar-refractivity contribution is 6.31. The Kier molecular flexibility index (Phi) is 8.95. The van der Waals surface area contributed by atoms with Crippen LogP contribution in [0, 0.1) is 5.82 Å². The van der Waals surface area contributed by atoms with E-state index in [1.807, 2.05) is 0 Å². The van der Waals surface area contributed by atoms with E-state index in [-0.39, 0.29) is 5.82 Å². The lowest BCUT2D eigenvalue weighted by atomic mass is 10.2. The van der Waals surface area contributed by atoms with Crippen molar-refractivity contribution >= 4 is 11.6 Å². The van der Waals surface area contributed by atoms with Crippen molar-refractivity contribution in [3.05, 3.63) is 34.6 Å². The Morgan fingerprint density at radius 2 is 1.45 bits per heavy atom. The molecule has 0 aliphatic carbocycles. The van der Waals surface area contributed by atoms with Gasteiger partial charge in [0.2, 0.25) is 0 Å². The van der Waals surface area contributed by atoms with Gasteiger partial charge < -0.3 is 9.80 Å². The first-order valence-electron chi connectivity index (χ1n) is 7.85. The molecular formula is C17H29ClFN3. The first-order valence-corrected chi connectivity index (χ1v) is 8.22. The zero-order valence-corrected chi connectivity index (χ0v) is 15.0. The van der Waals surface area contributed by atoms with Crippen LogP contribution in [0.3, 0.4) is 0 Å². The first kappa shape index (κ1) is 19.4. The smallest absolute Gasteiger partial charge is 0.129 e. The maximum Gasteiger partial charge on any atom is 0.129 e. The number of hydrogen-bond donors (Lipinski definition) is 0. The zero-order chi connectivity index (χ0) is 16.5. The van der Waals surface area contributed by atoms with Gasteiger partial charge in [-0.3, -0.25) is 4.90 Å². The summed E-state index contributed by atoms with van der Waals surface area (Å²) in [7, 11) is 8.29. The molecule has 0 aliphatic rings. The third kappa shape index (κ3) is 7.54. The molecule has 0 bridgehead atoms. The molecule has 0 spiro atoms. The van der Waals surface area contributed by atoms with Gasteiger partial charge in [0.15, 0.2) is 0 Å². The molecule has 3 nitrogen and oxygen atoms in total. The molecule has 1 aromatic carbocycles. The largest absolute Gasteiger partial charge is 0.309 e. The summed E-state index contributed by atoms with van der Waals surface area (Å²) in [6.45, 7) is 4.56. The van der Waals surface area contributed by atoms with Gasteiger partial charge in [-0.2, -0.15) is 0 Å². The predicted molar refractivity (Wildman–Crippen MR) is 93.0 cm³/mol. The van der Waals surface area contributed by atoms with Gasteiger partial charge in [-0.15, -0.1) is 0 Å². The Labute approximate surface area is 139 Å². The second-order valence-corrected chi connectivity index (χ2v) is 6.70. The van der Waals surface area contributed by atoms with E-state index in [0.717, 1.165) is 39.0 Å². The lowest BCUT2D eigenvalue weighted by Crippen LogP contribution is -2.30. The number of halogens is 2. The lowest BCUT2D eigenvalue weighted by molar-refractivity contribution is 0.231. The second kappa shape index (κ2) is 10.2. The molecule has 0 aromatic heterocycles. The predicted octanol–water partition coefficient (Wildman–Crippen LogP) is 3.18. The van der Waals surface area contributed by atoms with Gasteiger partial charge in [0, 0.05) is 17.1 Å². The van der Waals surface area contributed by atoms with E-state index in [9.17, 15) is 4.39 Å². The van der Waals surface area contributed by atoms with Crippen LogP contribution in [0.25, 0.3) is 0 Å². The molecule has 0 heterocycles. The summed E-state index contributed by atoms with van der Waals surface area (Å²) in [6, 6.07) is 4.90. The van der Waals surface area contributed by atoms with Gasteiger partial charge in [-0.1, -0.05) is 17.7 Å². The Hall–Kier alpha value is -0.680. The molecule has 126 valence electrons. The van der Waals surface area contributed by atoms with Crippen LogP contribution in [0.15, 0.2) is 18.2 Å². The second-order valence-electron chi connectivity index (χ2n) is 6.29. The quantitative estimate of drug-likeness (QED) is 0.652. The number of hydrogen-bond acceptors (Lipinski definition) is 3. The van der Waals surface area contributed by atoms with Crippen LogP contribution in [0.1, 0.15) is 18.4 Å². The van der Waals surface area contributed by atoms with Crippen LogP contribution in [-0.2, 0) is 6.54 Å². The molecule has 0 saturated carbocycles. The molecule has 22 heavy (non-hydrogen) atoms. The van der Waals surface area contributed by atoms with Crippen molar-refractivity contribution in [3.63, 3.8) is 0 Å². The first-order chi connectivity index (χ1) is 10.4. The highest BCUT2D eigenvalue weighted by Crippen LogP contribution is 2.21. The Balaban J connectivity index is 2.63. The van der Waals surface area contributed by atoms with Crippen LogP contribution in [-0.4, -0.2) is 69.1 Å². The van der Waals surface area contributed by atoms with Crippen molar-refractivity contribution in [2.75, 3.05) is 54.4 Å². The highest BCUT2D eigenvalue weighted by atomic mass is 35.5. The molecule has 0 aliphatic heterocycles. The van der Waals surface area contributed by atoms with E-state index >= 15 is 0 Å². The number of rotatable bonds is 10. The minimum absolute atomic E-state index is 0.210. The number of benzene rings is 1. The molecule has 0 unspecified atom stereocenters. The fourth-order valence-electron chi connectivity index (χ4n) is 2.40. The van der Waals surface area contributed by atoms with Gasteiger partial charge >= 0.3 is 0 Å². The van der Waals surface area contributed by atoms with E-state index in [0.29, 0.717) is 17.1 Å². The molecule has 0 fully saturated rings. The summed E-state index contributed by atoms with van der Waals surface area (Å²) in [6.07, 6.45) is 2.14. The number of nitrogens with zero attached hydrogens (tertiary/aromatic N) is 3. The van der Waals surface area contributed by atoms with Crippen molar-refractivity contribution < 1.29 is 4.39 Å². The van der Waals surface area contributed by atoms with Gasteiger partial charge in [0.05, 0.1) is 0 Å². The SMILES string of the molecule is CN(C)CCCN(CCCN(C)C)Cc1c(F)cccc1Cl. The summed E-state index contributed by atoms with van der Waals surface area (Å²) in [5.74, 6) is -0.210. The minimum Gasteiger partial charge on any atom is -0.309 e. The van der Waals surface area contributed by atoms with E-state index in [4.69, 9.17) is 11.6 Å². The Morgan fingerprint density at radius 1 is 0.909 bits per heavy atom. The molecular weight excluding hydrogens is 301 g/mol. The monoisotopic (exact) mass is 329 g/mol. The third-order valence-corrected chi connectivity index (χ3v) is 3.96. The summed E-state index contributed by atoms with van der Waals surface area (Å²) < 4.78 is 14.0. The minimum atomic E-state index is -0.210. The van der Waals surface area contributed by atoms with E-state index in [1.54, 1.807) is 12.1 Å². The van der Waals surface area contributed by atoms with Crippen molar-refractivity contribution in [3.8, 4) is 0 Å². The molecule has 0 N–H and O–H groups in total. The fourth-order valence-corrected chi connectivity index (χ4v) is 2.62. The summed E-state index contributed by atoms with van der Waals surface area (Å²) >= 11 is 6.16. The lowest BCUT2D eigenvalue weighted by Gasteiger charge is -2.24. The Bertz CT molecular complexity index is 404. The van der Waals surface area contributed by atoms with E-state index in [1.165, 1.54) is 6.07 Å². The maximum atomic E-state index is 14.0. The van der Waals surface area contributed by atoms with Gasteiger partial charge in [0.1, 0.15) is 5.82 Å². The van der Waals surface area contributed by atoms with Gasteiger partial charge in [-0.05, 0) is 79.3 Å². The topological polar surface area (TPSA) is 9.72 Å². The Morgan fingerprint density at radius 3 is 1.91 bits per heavy atom. The molecule has 1 rings (SSSR count). The van der Waals surface area contributed by atoms with Gasteiger partial charge in [0.25, 0.3) is 0 Å².